The van der Waals surface area contributed by atoms with Gasteiger partial charge in [-0.1, -0.05) is 11.6 Å². The summed E-state index contributed by atoms with van der Waals surface area (Å²) in [6.07, 6.45) is 2.75. The van der Waals surface area contributed by atoms with Gasteiger partial charge >= 0.3 is 0 Å². The predicted molar refractivity (Wildman–Crippen MR) is 96.6 cm³/mol. The zero-order valence-electron chi connectivity index (χ0n) is 13.0. The van der Waals surface area contributed by atoms with Gasteiger partial charge in [-0.25, -0.2) is 0 Å². The Hall–Kier alpha value is -2.50. The predicted octanol–water partition coefficient (Wildman–Crippen LogP) is 3.34. The number of amides is 1. The number of carbonyl (C=O) groups is 1. The number of rotatable bonds is 6. The van der Waals surface area contributed by atoms with E-state index in [1.165, 1.54) is 0 Å². The number of aromatic nitrogens is 1. The highest BCUT2D eigenvalue weighted by atomic mass is 35.5. The number of halogens is 1. The first kappa shape index (κ1) is 16.4. The average molecular weight is 344 g/mol. The Morgan fingerprint density at radius 2 is 2.00 bits per heavy atom. The number of H-pyrrole nitrogens is 1. The molecule has 0 saturated heterocycles. The smallest absolute Gasteiger partial charge is 0.262 e. The highest BCUT2D eigenvalue weighted by Gasteiger charge is 2.07. The lowest BCUT2D eigenvalue weighted by molar-refractivity contribution is -0.118. The normalized spacial score (nSPS) is 10.8. The number of ether oxygens (including phenoxy) is 1. The summed E-state index contributed by atoms with van der Waals surface area (Å²) in [6, 6.07) is 12.6. The first-order valence-corrected chi connectivity index (χ1v) is 8.02. The van der Waals surface area contributed by atoms with Gasteiger partial charge in [-0.15, -0.1) is 0 Å². The molecule has 1 aromatic heterocycles. The molecule has 5 nitrogen and oxygen atoms in total. The fourth-order valence-corrected chi connectivity index (χ4v) is 2.61. The van der Waals surface area contributed by atoms with Crippen LogP contribution in [0.4, 0.5) is 5.69 Å². The lowest BCUT2D eigenvalue weighted by atomic mass is 10.1. The van der Waals surface area contributed by atoms with Crippen LogP contribution in [0.15, 0.2) is 48.7 Å². The van der Waals surface area contributed by atoms with Crippen LogP contribution in [0.25, 0.3) is 10.9 Å². The van der Waals surface area contributed by atoms with Gasteiger partial charge in [0.25, 0.3) is 5.91 Å². The van der Waals surface area contributed by atoms with Gasteiger partial charge in [0.2, 0.25) is 0 Å². The summed E-state index contributed by atoms with van der Waals surface area (Å²) in [6.45, 7) is 0.520. The highest BCUT2D eigenvalue weighted by Crippen LogP contribution is 2.24. The van der Waals surface area contributed by atoms with Gasteiger partial charge < -0.3 is 20.8 Å². The third-order valence-electron chi connectivity index (χ3n) is 3.65. The van der Waals surface area contributed by atoms with Crippen molar-refractivity contribution < 1.29 is 9.53 Å². The molecule has 0 saturated carbocycles. The second-order valence-electron chi connectivity index (χ2n) is 5.40. The molecule has 4 N–H and O–H groups in total. The van der Waals surface area contributed by atoms with Crippen LogP contribution >= 0.6 is 11.6 Å². The van der Waals surface area contributed by atoms with Crippen molar-refractivity contribution >= 4 is 34.1 Å². The Morgan fingerprint density at radius 3 is 2.75 bits per heavy atom. The summed E-state index contributed by atoms with van der Waals surface area (Å²) >= 11 is 5.82. The molecule has 24 heavy (non-hydrogen) atoms. The maximum Gasteiger partial charge on any atom is 0.262 e. The van der Waals surface area contributed by atoms with Crippen LogP contribution in [0, 0.1) is 0 Å². The number of aromatic amines is 1. The van der Waals surface area contributed by atoms with Crippen LogP contribution < -0.4 is 15.8 Å². The minimum Gasteiger partial charge on any atom is -0.484 e. The van der Waals surface area contributed by atoms with Gasteiger partial charge in [0.1, 0.15) is 5.75 Å². The molecule has 0 bridgehead atoms. The second-order valence-corrected chi connectivity index (χ2v) is 5.84. The summed E-state index contributed by atoms with van der Waals surface area (Å²) < 4.78 is 5.59. The summed E-state index contributed by atoms with van der Waals surface area (Å²) in [4.78, 5) is 15.2. The number of benzene rings is 2. The summed E-state index contributed by atoms with van der Waals surface area (Å²) in [5, 5.41) is 4.45. The number of fused-ring (bicyclic) bond motifs is 1. The molecule has 3 aromatic rings. The van der Waals surface area contributed by atoms with Crippen LogP contribution in [0.3, 0.4) is 0 Å². The zero-order valence-corrected chi connectivity index (χ0v) is 13.8. The summed E-state index contributed by atoms with van der Waals surface area (Å²) in [5.74, 6) is 0.417. The molecule has 0 aliphatic rings. The average Bonchev–Trinajstić information content (AvgIpc) is 2.98. The number of hydrogen-bond donors (Lipinski definition) is 3. The van der Waals surface area contributed by atoms with Crippen molar-refractivity contribution in [2.24, 2.45) is 5.73 Å². The van der Waals surface area contributed by atoms with Crippen molar-refractivity contribution in [2.75, 3.05) is 18.5 Å². The van der Waals surface area contributed by atoms with Crippen molar-refractivity contribution in [3.05, 3.63) is 59.2 Å². The molecule has 0 atom stereocenters. The van der Waals surface area contributed by atoms with Crippen molar-refractivity contribution in [1.82, 2.24) is 4.98 Å². The number of carbonyl (C=O) groups excluding carboxylic acids is 1. The first-order chi connectivity index (χ1) is 11.7. The Labute approximate surface area is 144 Å². The maximum absolute atomic E-state index is 12.0. The van der Waals surface area contributed by atoms with Gasteiger partial charge in [0, 0.05) is 27.8 Å². The van der Waals surface area contributed by atoms with E-state index in [0.29, 0.717) is 23.0 Å². The fraction of sp³-hybridized carbons (Fsp3) is 0.167. The third kappa shape index (κ3) is 3.88. The van der Waals surface area contributed by atoms with Crippen LogP contribution in [0.5, 0.6) is 5.75 Å². The molecule has 0 radical (unpaired) electrons. The number of hydrogen-bond acceptors (Lipinski definition) is 3. The molecule has 0 fully saturated rings. The van der Waals surface area contributed by atoms with E-state index in [1.807, 2.05) is 24.4 Å². The van der Waals surface area contributed by atoms with Crippen LogP contribution in [0.1, 0.15) is 5.56 Å². The van der Waals surface area contributed by atoms with Gasteiger partial charge in [0.05, 0.1) is 0 Å². The molecule has 1 amide bonds. The number of nitrogens with one attached hydrogen (secondary N) is 2. The van der Waals surface area contributed by atoms with Gasteiger partial charge in [-0.2, -0.15) is 0 Å². The van der Waals surface area contributed by atoms with E-state index >= 15 is 0 Å². The lowest BCUT2D eigenvalue weighted by Crippen LogP contribution is -2.20. The molecule has 0 unspecified atom stereocenters. The minimum atomic E-state index is -0.228. The molecule has 124 valence electrons. The van der Waals surface area contributed by atoms with Crippen LogP contribution in [-0.2, 0) is 11.2 Å². The monoisotopic (exact) mass is 343 g/mol. The first-order valence-electron chi connectivity index (χ1n) is 7.64. The lowest BCUT2D eigenvalue weighted by Gasteiger charge is -2.08. The van der Waals surface area contributed by atoms with Gasteiger partial charge in [-0.05, 0) is 61.0 Å². The molecule has 0 aliphatic heterocycles. The maximum atomic E-state index is 12.0. The Balaban J connectivity index is 1.63. The van der Waals surface area contributed by atoms with E-state index in [9.17, 15) is 4.79 Å². The summed E-state index contributed by atoms with van der Waals surface area (Å²) in [5.41, 5.74) is 8.47. The fourth-order valence-electron chi connectivity index (χ4n) is 2.49. The quantitative estimate of drug-likeness (QED) is 0.642. The van der Waals surface area contributed by atoms with Crippen LogP contribution in [-0.4, -0.2) is 24.0 Å². The van der Waals surface area contributed by atoms with Crippen molar-refractivity contribution in [3.63, 3.8) is 0 Å². The van der Waals surface area contributed by atoms with E-state index in [1.54, 1.807) is 24.3 Å². The van der Waals surface area contributed by atoms with E-state index in [2.05, 4.69) is 10.3 Å². The Kier molecular flexibility index (Phi) is 5.03. The Morgan fingerprint density at radius 1 is 1.21 bits per heavy atom. The van der Waals surface area contributed by atoms with E-state index in [0.717, 1.165) is 22.9 Å². The molecule has 0 spiro atoms. The minimum absolute atomic E-state index is 0.0647. The van der Waals surface area contributed by atoms with E-state index in [4.69, 9.17) is 22.1 Å². The third-order valence-corrected chi connectivity index (χ3v) is 3.90. The zero-order chi connectivity index (χ0) is 16.9. The SMILES string of the molecule is NCCc1c[nH]c2ccc(OCC(=O)Nc3ccc(Cl)cc3)cc12. The van der Waals surface area contributed by atoms with E-state index < -0.39 is 0 Å². The molecule has 3 rings (SSSR count). The molecule has 0 aliphatic carbocycles. The summed E-state index contributed by atoms with van der Waals surface area (Å²) in [7, 11) is 0. The van der Waals surface area contributed by atoms with Crippen molar-refractivity contribution in [1.29, 1.82) is 0 Å². The number of anilines is 1. The topological polar surface area (TPSA) is 80.1 Å². The molecular weight excluding hydrogens is 326 g/mol. The molecule has 1 heterocycles. The van der Waals surface area contributed by atoms with Crippen molar-refractivity contribution in [2.45, 2.75) is 6.42 Å². The number of nitrogens with two attached hydrogens (primary N) is 1. The molecule has 2 aromatic carbocycles. The standard InChI is InChI=1S/C18H18ClN3O2/c19-13-1-3-14(4-2-13)22-18(23)11-24-15-5-6-17-16(9-15)12(7-8-20)10-21-17/h1-6,9-10,21H,7-8,11,20H2,(H,22,23). The molecule has 6 heteroatoms. The second kappa shape index (κ2) is 7.38. The van der Waals surface area contributed by atoms with Crippen molar-refractivity contribution in [3.8, 4) is 5.75 Å². The van der Waals surface area contributed by atoms with E-state index in [-0.39, 0.29) is 12.5 Å². The molecular formula is C18H18ClN3O2. The van der Waals surface area contributed by atoms with Gasteiger partial charge in [-0.3, -0.25) is 4.79 Å². The Bertz CT molecular complexity index is 843. The van der Waals surface area contributed by atoms with Gasteiger partial charge in [0.15, 0.2) is 6.61 Å². The van der Waals surface area contributed by atoms with Crippen LogP contribution in [0.2, 0.25) is 5.02 Å². The highest BCUT2D eigenvalue weighted by molar-refractivity contribution is 6.30. The largest absolute Gasteiger partial charge is 0.484 e.